The van der Waals surface area contributed by atoms with Crippen molar-refractivity contribution >= 4 is 46.6 Å². The van der Waals surface area contributed by atoms with Gasteiger partial charge in [-0.25, -0.2) is 5.10 Å². The molecule has 2 aromatic rings. The summed E-state index contributed by atoms with van der Waals surface area (Å²) in [7, 11) is 0. The third-order valence-electron chi connectivity index (χ3n) is 2.30. The lowest BCUT2D eigenvalue weighted by Gasteiger charge is -2.17. The first-order chi connectivity index (χ1) is 9.19. The van der Waals surface area contributed by atoms with Crippen LogP contribution >= 0.6 is 46.6 Å². The maximum Gasteiger partial charge on any atom is 0.284 e. The fourth-order valence-corrected chi connectivity index (χ4v) is 2.92. The van der Waals surface area contributed by atoms with Gasteiger partial charge in [0.05, 0.1) is 9.32 Å². The lowest BCUT2D eigenvalue weighted by molar-refractivity contribution is 0.281. The van der Waals surface area contributed by atoms with Gasteiger partial charge < -0.3 is 9.15 Å². The van der Waals surface area contributed by atoms with E-state index in [4.69, 9.17) is 21.4 Å². The standard InChI is InChI=1S/C12H13IN2O2S2/c1-2-11(16-9-6-4-3-5-8(9)13)19-7-10-14-15-12(18)17-10/h3-6,11H,2,7H2,1H3,(H,15,18). The lowest BCUT2D eigenvalue weighted by Crippen LogP contribution is -2.11. The lowest BCUT2D eigenvalue weighted by atomic mass is 10.3. The number of aromatic amines is 1. The van der Waals surface area contributed by atoms with Crippen LogP contribution in [0.3, 0.4) is 0 Å². The molecule has 0 aliphatic rings. The van der Waals surface area contributed by atoms with Crippen molar-refractivity contribution in [2.45, 2.75) is 24.5 Å². The number of para-hydroxylation sites is 1. The molecule has 0 saturated heterocycles. The van der Waals surface area contributed by atoms with Gasteiger partial charge in [0.2, 0.25) is 5.89 Å². The Morgan fingerprint density at radius 2 is 2.32 bits per heavy atom. The second-order valence-corrected chi connectivity index (χ2v) is 6.38. The molecule has 102 valence electrons. The molecule has 1 N–H and O–H groups in total. The summed E-state index contributed by atoms with van der Waals surface area (Å²) >= 11 is 8.75. The number of halogens is 1. The highest BCUT2D eigenvalue weighted by molar-refractivity contribution is 14.1. The van der Waals surface area contributed by atoms with Crippen LogP contribution < -0.4 is 4.74 Å². The van der Waals surface area contributed by atoms with E-state index in [0.717, 1.165) is 15.7 Å². The zero-order valence-corrected chi connectivity index (χ0v) is 14.0. The molecular weight excluding hydrogens is 395 g/mol. The smallest absolute Gasteiger partial charge is 0.284 e. The van der Waals surface area contributed by atoms with Crippen LogP contribution in [-0.4, -0.2) is 15.6 Å². The highest BCUT2D eigenvalue weighted by Gasteiger charge is 2.12. The SMILES string of the molecule is CCC(Oc1ccccc1I)SCc1n[nH]c(=S)o1. The maximum absolute atomic E-state index is 5.97. The van der Waals surface area contributed by atoms with Crippen molar-refractivity contribution in [2.75, 3.05) is 0 Å². The molecule has 0 aliphatic heterocycles. The van der Waals surface area contributed by atoms with Crippen molar-refractivity contribution in [1.82, 2.24) is 10.2 Å². The summed E-state index contributed by atoms with van der Waals surface area (Å²) in [5, 5.41) is 6.58. The number of ether oxygens (including phenoxy) is 1. The van der Waals surface area contributed by atoms with Crippen LogP contribution in [0.15, 0.2) is 28.7 Å². The molecule has 2 rings (SSSR count). The third kappa shape index (κ3) is 4.50. The first-order valence-electron chi connectivity index (χ1n) is 5.76. The van der Waals surface area contributed by atoms with E-state index in [0.29, 0.717) is 16.5 Å². The Morgan fingerprint density at radius 3 is 2.95 bits per heavy atom. The quantitative estimate of drug-likeness (QED) is 0.437. The summed E-state index contributed by atoms with van der Waals surface area (Å²) < 4.78 is 12.3. The van der Waals surface area contributed by atoms with Gasteiger partial charge in [-0.3, -0.25) is 0 Å². The summed E-state index contributed by atoms with van der Waals surface area (Å²) in [5.74, 6) is 2.14. The number of benzene rings is 1. The minimum absolute atomic E-state index is 0.0661. The molecule has 0 saturated carbocycles. The molecule has 19 heavy (non-hydrogen) atoms. The molecule has 1 aromatic carbocycles. The number of hydrogen-bond donors (Lipinski definition) is 1. The topological polar surface area (TPSA) is 51.0 Å². The first-order valence-corrected chi connectivity index (χ1v) is 8.29. The van der Waals surface area contributed by atoms with Crippen molar-refractivity contribution in [3.8, 4) is 5.75 Å². The average molecular weight is 408 g/mol. The number of thioether (sulfide) groups is 1. The zero-order chi connectivity index (χ0) is 13.7. The van der Waals surface area contributed by atoms with Crippen LogP contribution in [0.4, 0.5) is 0 Å². The molecule has 0 aliphatic carbocycles. The van der Waals surface area contributed by atoms with Gasteiger partial charge in [0, 0.05) is 0 Å². The number of hydrogen-bond acceptors (Lipinski definition) is 5. The van der Waals surface area contributed by atoms with Crippen molar-refractivity contribution in [3.63, 3.8) is 0 Å². The summed E-state index contributed by atoms with van der Waals surface area (Å²) in [6.45, 7) is 2.09. The van der Waals surface area contributed by atoms with E-state index in [1.165, 1.54) is 0 Å². The van der Waals surface area contributed by atoms with Gasteiger partial charge in [-0.05, 0) is 53.4 Å². The average Bonchev–Trinajstić information content (AvgIpc) is 2.82. The summed E-state index contributed by atoms with van der Waals surface area (Å²) in [6.07, 6.45) is 0.904. The van der Waals surface area contributed by atoms with Crippen LogP contribution in [0, 0.1) is 8.41 Å². The van der Waals surface area contributed by atoms with Gasteiger partial charge in [-0.2, -0.15) is 0 Å². The van der Waals surface area contributed by atoms with Gasteiger partial charge in [0.1, 0.15) is 11.2 Å². The molecule has 1 aromatic heterocycles. The van der Waals surface area contributed by atoms with Crippen molar-refractivity contribution in [1.29, 1.82) is 0 Å². The summed E-state index contributed by atoms with van der Waals surface area (Å²) in [4.78, 5) is 0.308. The number of nitrogens with zero attached hydrogens (tertiary/aromatic N) is 1. The Morgan fingerprint density at radius 1 is 1.53 bits per heavy atom. The number of rotatable bonds is 6. The highest BCUT2D eigenvalue weighted by Crippen LogP contribution is 2.27. The first kappa shape index (κ1) is 14.9. The van der Waals surface area contributed by atoms with Gasteiger partial charge in [0.15, 0.2) is 0 Å². The molecule has 4 nitrogen and oxygen atoms in total. The monoisotopic (exact) mass is 408 g/mol. The van der Waals surface area contributed by atoms with Gasteiger partial charge in [-0.15, -0.1) is 16.9 Å². The normalized spacial score (nSPS) is 12.3. The fourth-order valence-electron chi connectivity index (χ4n) is 1.40. The van der Waals surface area contributed by atoms with Crippen LogP contribution in [0.2, 0.25) is 0 Å². The van der Waals surface area contributed by atoms with Crippen LogP contribution in [0.25, 0.3) is 0 Å². The molecular formula is C12H13IN2O2S2. The Kier molecular flexibility index (Phi) is 5.71. The molecule has 1 heterocycles. The van der Waals surface area contributed by atoms with Gasteiger partial charge in [-0.1, -0.05) is 19.1 Å². The second-order valence-electron chi connectivity index (χ2n) is 3.70. The molecule has 7 heteroatoms. The van der Waals surface area contributed by atoms with E-state index >= 15 is 0 Å². The predicted octanol–water partition coefficient (Wildman–Crippen LogP) is 4.39. The number of nitrogens with one attached hydrogen (secondary N) is 1. The molecule has 0 spiro atoms. The highest BCUT2D eigenvalue weighted by atomic mass is 127. The minimum Gasteiger partial charge on any atom is -0.479 e. The molecule has 1 atom stereocenters. The van der Waals surface area contributed by atoms with Gasteiger partial charge >= 0.3 is 0 Å². The van der Waals surface area contributed by atoms with Crippen LogP contribution in [0.5, 0.6) is 5.75 Å². The van der Waals surface area contributed by atoms with E-state index < -0.39 is 0 Å². The maximum atomic E-state index is 5.97. The summed E-state index contributed by atoms with van der Waals surface area (Å²) in [5.41, 5.74) is 0.0661. The molecule has 0 amide bonds. The molecule has 0 bridgehead atoms. The number of aromatic nitrogens is 2. The zero-order valence-electron chi connectivity index (χ0n) is 10.3. The van der Waals surface area contributed by atoms with E-state index in [1.807, 2.05) is 24.3 Å². The van der Waals surface area contributed by atoms with Crippen molar-refractivity contribution in [3.05, 3.63) is 38.6 Å². The largest absolute Gasteiger partial charge is 0.479 e. The van der Waals surface area contributed by atoms with E-state index in [9.17, 15) is 0 Å². The van der Waals surface area contributed by atoms with Crippen molar-refractivity contribution < 1.29 is 9.15 Å². The van der Waals surface area contributed by atoms with Gasteiger partial charge in [0.25, 0.3) is 4.84 Å². The predicted molar refractivity (Wildman–Crippen MR) is 86.8 cm³/mol. The molecule has 0 fully saturated rings. The Labute approximate surface area is 134 Å². The molecule has 1 unspecified atom stereocenters. The van der Waals surface area contributed by atoms with E-state index in [-0.39, 0.29) is 5.44 Å². The van der Waals surface area contributed by atoms with Crippen LogP contribution in [-0.2, 0) is 5.75 Å². The molecule has 0 radical (unpaired) electrons. The van der Waals surface area contributed by atoms with Crippen molar-refractivity contribution in [2.24, 2.45) is 0 Å². The second kappa shape index (κ2) is 7.30. The third-order valence-corrected chi connectivity index (χ3v) is 4.58. The van der Waals surface area contributed by atoms with Crippen LogP contribution in [0.1, 0.15) is 19.2 Å². The van der Waals surface area contributed by atoms with E-state index in [2.05, 4.69) is 39.7 Å². The Bertz CT molecular complexity index is 585. The van der Waals surface area contributed by atoms with E-state index in [1.54, 1.807) is 11.8 Å². The Hall–Kier alpha value is -0.540. The minimum atomic E-state index is 0.0661. The fraction of sp³-hybridized carbons (Fsp3) is 0.333. The Balaban J connectivity index is 1.93. The summed E-state index contributed by atoms with van der Waals surface area (Å²) in [6, 6.07) is 7.98. The number of H-pyrrole nitrogens is 1.